The Hall–Kier alpha value is -2.82. The molecule has 11 nitrogen and oxygen atoms in total. The number of ether oxygens (including phenoxy) is 3. The molecular weight excluding hydrogens is 1070 g/mol. The van der Waals surface area contributed by atoms with Crippen molar-refractivity contribution < 1.29 is 52.2 Å². The topological polar surface area (TPSA) is 155 Å². The fourth-order valence-electron chi connectivity index (χ4n) is 10.2. The Morgan fingerprint density at radius 1 is 0.345 bits per heavy atom. The normalized spacial score (nSPS) is 13.5. The summed E-state index contributed by atoms with van der Waals surface area (Å²) in [6, 6.07) is 0. The molecule has 0 radical (unpaired) electrons. The van der Waals surface area contributed by atoms with Crippen LogP contribution in [0.1, 0.15) is 342 Å². The molecule has 12 heteroatoms. The van der Waals surface area contributed by atoms with Gasteiger partial charge in [0.05, 0.1) is 19.8 Å². The maximum atomic E-state index is 13.0. The summed E-state index contributed by atoms with van der Waals surface area (Å²) in [5, 5.41) is 9.89. The minimum Gasteiger partial charge on any atom is -0.462 e. The predicted molar refractivity (Wildman–Crippen MR) is 353 cm³/mol. The largest absolute Gasteiger partial charge is 0.472 e. The van der Waals surface area contributed by atoms with Crippen LogP contribution in [0.5, 0.6) is 0 Å². The minimum absolute atomic E-state index is 0.131. The Labute approximate surface area is 516 Å². The monoisotopic (exact) mass is 1200 g/mol. The third-order valence-corrected chi connectivity index (χ3v) is 16.4. The van der Waals surface area contributed by atoms with Gasteiger partial charge < -0.3 is 24.2 Å². The van der Waals surface area contributed by atoms with Gasteiger partial charge in [0.1, 0.15) is 12.7 Å². The number of esters is 3. The average molecular weight is 1200 g/mol. The van der Waals surface area contributed by atoms with Gasteiger partial charge in [0, 0.05) is 19.3 Å². The molecule has 3 unspecified atom stereocenters. The first-order chi connectivity index (χ1) is 41.2. The van der Waals surface area contributed by atoms with Gasteiger partial charge in [0.15, 0.2) is 6.10 Å². The van der Waals surface area contributed by atoms with E-state index in [-0.39, 0.29) is 25.9 Å². The molecule has 0 saturated heterocycles. The molecular formula is C72H131O11P. The van der Waals surface area contributed by atoms with Crippen LogP contribution >= 0.6 is 7.82 Å². The highest BCUT2D eigenvalue weighted by molar-refractivity contribution is 7.47. The molecule has 0 bridgehead atoms. The van der Waals surface area contributed by atoms with Crippen LogP contribution in [0.25, 0.3) is 0 Å². The maximum Gasteiger partial charge on any atom is 0.472 e. The van der Waals surface area contributed by atoms with Gasteiger partial charge in [0.2, 0.25) is 0 Å². The summed E-state index contributed by atoms with van der Waals surface area (Å²) < 4.78 is 39.8. The number of aliphatic hydroxyl groups is 1. The van der Waals surface area contributed by atoms with E-state index >= 15 is 0 Å². The van der Waals surface area contributed by atoms with Gasteiger partial charge in [-0.15, -0.1) is 0 Å². The van der Waals surface area contributed by atoms with Crippen molar-refractivity contribution in [2.24, 2.45) is 0 Å². The molecule has 0 spiro atoms. The van der Waals surface area contributed by atoms with Gasteiger partial charge in [-0.3, -0.25) is 23.4 Å². The van der Waals surface area contributed by atoms with Crippen LogP contribution in [-0.4, -0.2) is 66.5 Å². The fourth-order valence-corrected chi connectivity index (χ4v) is 10.9. The number of allylic oxidation sites excluding steroid dienone is 10. The third kappa shape index (κ3) is 63.7. The molecule has 0 aromatic heterocycles. The van der Waals surface area contributed by atoms with Crippen molar-refractivity contribution in [2.45, 2.75) is 354 Å². The molecule has 0 aliphatic heterocycles. The lowest BCUT2D eigenvalue weighted by molar-refractivity contribution is -0.161. The van der Waals surface area contributed by atoms with Crippen molar-refractivity contribution in [3.63, 3.8) is 0 Å². The molecule has 0 heterocycles. The summed E-state index contributed by atoms with van der Waals surface area (Å²) in [5.41, 5.74) is 0. The van der Waals surface area contributed by atoms with Crippen LogP contribution in [0.4, 0.5) is 0 Å². The van der Waals surface area contributed by atoms with Crippen molar-refractivity contribution >= 4 is 25.7 Å². The molecule has 0 aromatic rings. The van der Waals surface area contributed by atoms with E-state index in [1.165, 1.54) is 193 Å². The number of phosphoric ester groups is 1. The lowest BCUT2D eigenvalue weighted by Gasteiger charge is -2.21. The number of carbonyl (C=O) groups is 3. The zero-order valence-electron chi connectivity index (χ0n) is 54.6. The first-order valence-electron chi connectivity index (χ1n) is 35.2. The van der Waals surface area contributed by atoms with Crippen molar-refractivity contribution in [3.05, 3.63) is 60.8 Å². The zero-order chi connectivity index (χ0) is 61.2. The summed E-state index contributed by atoms with van der Waals surface area (Å²) in [5.74, 6) is -1.48. The van der Waals surface area contributed by atoms with Crippen LogP contribution in [0.2, 0.25) is 0 Å². The molecule has 2 N–H and O–H groups in total. The van der Waals surface area contributed by atoms with Gasteiger partial charge in [-0.25, -0.2) is 4.57 Å². The Balaban J connectivity index is 4.68. The molecule has 0 aliphatic rings. The van der Waals surface area contributed by atoms with Crippen LogP contribution in [-0.2, 0) is 42.2 Å². The number of rotatable bonds is 66. The van der Waals surface area contributed by atoms with Crippen LogP contribution in [0.3, 0.4) is 0 Å². The molecule has 84 heavy (non-hydrogen) atoms. The highest BCUT2D eigenvalue weighted by Gasteiger charge is 2.28. The number of hydrogen-bond acceptors (Lipinski definition) is 10. The number of carbonyl (C=O) groups excluding carboxylic acids is 3. The van der Waals surface area contributed by atoms with Crippen molar-refractivity contribution in [3.8, 4) is 0 Å². The Bertz CT molecular complexity index is 1640. The zero-order valence-corrected chi connectivity index (χ0v) is 55.5. The Morgan fingerprint density at radius 3 is 0.952 bits per heavy atom. The van der Waals surface area contributed by atoms with Crippen molar-refractivity contribution in [2.75, 3.05) is 26.4 Å². The lowest BCUT2D eigenvalue weighted by atomic mass is 10.0. The number of hydrogen-bond donors (Lipinski definition) is 2. The van der Waals surface area contributed by atoms with Gasteiger partial charge >= 0.3 is 25.7 Å². The smallest absolute Gasteiger partial charge is 0.462 e. The molecule has 0 amide bonds. The fraction of sp³-hybridized carbons (Fsp3) is 0.819. The van der Waals surface area contributed by atoms with Gasteiger partial charge in [0.25, 0.3) is 0 Å². The standard InChI is InChI=1S/C72H131O11P/c1-4-7-10-13-16-19-22-25-28-31-34-37-40-43-46-49-52-55-58-61-70(74)79-65-69(83-72(76)63-60-57-54-51-48-45-42-39-36-33-30-27-24-21-18-15-12-9-6-3)67-81-84(77,78)80-66-68(64-73)82-71(75)62-59-56-53-50-47-44-41-38-35-32-29-26-23-20-17-14-11-8-5-2/h9,12,18,21,27,30,36,39,45,48,68-69,73H,4-8,10-11,13-17,19-20,22-26,28-29,31-35,37-38,40-44,46-47,49-67H2,1-3H3,(H,77,78)/b12-9-,21-18-,30-27-,39-36-,48-45-. The van der Waals surface area contributed by atoms with Crippen LogP contribution in [0.15, 0.2) is 60.8 Å². The van der Waals surface area contributed by atoms with E-state index in [0.717, 1.165) is 89.9 Å². The molecule has 0 rings (SSSR count). The number of phosphoric acid groups is 1. The summed E-state index contributed by atoms with van der Waals surface area (Å²) in [6.45, 7) is 4.59. The van der Waals surface area contributed by atoms with E-state index in [4.69, 9.17) is 23.3 Å². The van der Waals surface area contributed by atoms with Gasteiger partial charge in [-0.2, -0.15) is 0 Å². The highest BCUT2D eigenvalue weighted by Crippen LogP contribution is 2.43. The summed E-state index contributed by atoms with van der Waals surface area (Å²) in [4.78, 5) is 48.9. The average Bonchev–Trinajstić information content (AvgIpc) is 3.53. The molecule has 490 valence electrons. The molecule has 0 saturated carbocycles. The molecule has 0 aliphatic carbocycles. The quantitative estimate of drug-likeness (QED) is 0.0197. The van der Waals surface area contributed by atoms with Crippen LogP contribution in [0, 0.1) is 0 Å². The lowest BCUT2D eigenvalue weighted by Crippen LogP contribution is -2.30. The SMILES string of the molecule is CC/C=C\C/C=C\C/C=C\C/C=C\C/C=C\CCCCCC(=O)OC(COC(=O)CCCCCCCCCCCCCCCCCCCCC)COP(=O)(O)OCC(CO)OC(=O)CCCCCCCCCCCCCCCCCCCCC. The van der Waals surface area contributed by atoms with E-state index in [1.54, 1.807) is 0 Å². The summed E-state index contributed by atoms with van der Waals surface area (Å²) >= 11 is 0. The van der Waals surface area contributed by atoms with Crippen LogP contribution < -0.4 is 0 Å². The van der Waals surface area contributed by atoms with E-state index in [0.29, 0.717) is 19.3 Å². The van der Waals surface area contributed by atoms with Gasteiger partial charge in [-0.1, -0.05) is 319 Å². The second kappa shape index (κ2) is 66.1. The highest BCUT2D eigenvalue weighted by atomic mass is 31.2. The Morgan fingerprint density at radius 2 is 0.619 bits per heavy atom. The first-order valence-corrected chi connectivity index (χ1v) is 36.7. The second-order valence-electron chi connectivity index (χ2n) is 23.7. The molecule has 0 aromatic carbocycles. The predicted octanol–water partition coefficient (Wildman–Crippen LogP) is 21.8. The van der Waals surface area contributed by atoms with E-state index in [9.17, 15) is 28.9 Å². The Kier molecular flexibility index (Phi) is 63.9. The van der Waals surface area contributed by atoms with Crippen molar-refractivity contribution in [1.29, 1.82) is 0 Å². The third-order valence-electron chi connectivity index (χ3n) is 15.5. The molecule has 3 atom stereocenters. The number of aliphatic hydroxyl groups excluding tert-OH is 1. The summed E-state index contributed by atoms with van der Waals surface area (Å²) in [7, 11) is -4.76. The summed E-state index contributed by atoms with van der Waals surface area (Å²) in [6.07, 6.45) is 76.0. The van der Waals surface area contributed by atoms with E-state index in [1.807, 2.05) is 0 Å². The second-order valence-corrected chi connectivity index (χ2v) is 25.1. The van der Waals surface area contributed by atoms with E-state index < -0.39 is 57.8 Å². The van der Waals surface area contributed by atoms with E-state index in [2.05, 4.69) is 81.5 Å². The van der Waals surface area contributed by atoms with Crippen molar-refractivity contribution in [1.82, 2.24) is 0 Å². The van der Waals surface area contributed by atoms with Gasteiger partial charge in [-0.05, 0) is 64.2 Å². The molecule has 0 fully saturated rings. The number of unbranched alkanes of at least 4 members (excludes halogenated alkanes) is 39. The first kappa shape index (κ1) is 81.2. The maximum absolute atomic E-state index is 13.0. The minimum atomic E-state index is -4.76.